The van der Waals surface area contributed by atoms with Crippen molar-refractivity contribution in [3.8, 4) is 0 Å². The highest BCUT2D eigenvalue weighted by molar-refractivity contribution is 5.83. The average molecular weight is 301 g/mol. The van der Waals surface area contributed by atoms with Gasteiger partial charge in [-0.25, -0.2) is 0 Å². The van der Waals surface area contributed by atoms with E-state index in [0.717, 1.165) is 44.3 Å². The summed E-state index contributed by atoms with van der Waals surface area (Å²) in [6.07, 6.45) is 6.36. The Labute approximate surface area is 131 Å². The molecule has 2 heterocycles. The molecule has 1 saturated heterocycles. The maximum atomic E-state index is 12.3. The number of rotatable bonds is 5. The predicted molar refractivity (Wildman–Crippen MR) is 83.0 cm³/mol. The summed E-state index contributed by atoms with van der Waals surface area (Å²) in [6, 6.07) is 5.80. The van der Waals surface area contributed by atoms with Gasteiger partial charge in [0.15, 0.2) is 0 Å². The van der Waals surface area contributed by atoms with Crippen LogP contribution in [0.4, 0.5) is 0 Å². The number of hydrogen-bond acceptors (Lipinski definition) is 3. The van der Waals surface area contributed by atoms with Gasteiger partial charge in [0.2, 0.25) is 11.8 Å². The summed E-state index contributed by atoms with van der Waals surface area (Å²) in [5.41, 5.74) is 0.983. The van der Waals surface area contributed by atoms with Crippen molar-refractivity contribution in [3.63, 3.8) is 0 Å². The van der Waals surface area contributed by atoms with E-state index in [0.29, 0.717) is 13.1 Å². The first kappa shape index (κ1) is 15.0. The van der Waals surface area contributed by atoms with Crippen molar-refractivity contribution < 1.29 is 9.59 Å². The number of nitrogens with zero attached hydrogens (tertiary/aromatic N) is 2. The van der Waals surface area contributed by atoms with Gasteiger partial charge >= 0.3 is 0 Å². The first-order chi connectivity index (χ1) is 10.7. The molecule has 1 aliphatic heterocycles. The molecule has 0 spiro atoms. The molecule has 3 rings (SSSR count). The van der Waals surface area contributed by atoms with Gasteiger partial charge in [0.05, 0.1) is 5.92 Å². The fourth-order valence-corrected chi connectivity index (χ4v) is 2.98. The number of carbonyl (C=O) groups excluding carboxylic acids is 2. The summed E-state index contributed by atoms with van der Waals surface area (Å²) in [5, 5.41) is 2.99. The minimum atomic E-state index is -0.0554. The minimum Gasteiger partial charge on any atom is -0.355 e. The van der Waals surface area contributed by atoms with Gasteiger partial charge in [-0.1, -0.05) is 6.07 Å². The highest BCUT2D eigenvalue weighted by Gasteiger charge is 2.36. The number of aromatic nitrogens is 1. The van der Waals surface area contributed by atoms with E-state index in [1.54, 1.807) is 6.20 Å². The molecule has 0 bridgehead atoms. The molecular formula is C17H23N3O2. The van der Waals surface area contributed by atoms with Crippen LogP contribution in [0.3, 0.4) is 0 Å². The van der Waals surface area contributed by atoms with Crippen molar-refractivity contribution in [2.45, 2.75) is 32.1 Å². The summed E-state index contributed by atoms with van der Waals surface area (Å²) in [7, 11) is 0. The van der Waals surface area contributed by atoms with Crippen LogP contribution in [0.25, 0.3) is 0 Å². The second-order valence-electron chi connectivity index (χ2n) is 6.26. The van der Waals surface area contributed by atoms with Crippen LogP contribution in [-0.4, -0.2) is 41.3 Å². The quantitative estimate of drug-likeness (QED) is 0.894. The topological polar surface area (TPSA) is 62.3 Å². The lowest BCUT2D eigenvalue weighted by Gasteiger charge is -2.32. The van der Waals surface area contributed by atoms with Gasteiger partial charge in [-0.3, -0.25) is 14.6 Å². The zero-order valence-corrected chi connectivity index (χ0v) is 12.8. The summed E-state index contributed by atoms with van der Waals surface area (Å²) >= 11 is 0. The Hall–Kier alpha value is -1.91. The highest BCUT2D eigenvalue weighted by atomic mass is 16.2. The van der Waals surface area contributed by atoms with Gasteiger partial charge in [0.25, 0.3) is 0 Å². The van der Waals surface area contributed by atoms with Gasteiger partial charge in [-0.05, 0) is 37.8 Å². The number of piperidine rings is 1. The molecule has 5 nitrogen and oxygen atoms in total. The average Bonchev–Trinajstić information content (AvgIpc) is 3.40. The molecule has 22 heavy (non-hydrogen) atoms. The molecule has 1 aromatic heterocycles. The van der Waals surface area contributed by atoms with E-state index in [4.69, 9.17) is 0 Å². The lowest BCUT2D eigenvalue weighted by molar-refractivity contribution is -0.136. The standard InChI is InChI=1S/C17H23N3O2/c21-16(19-10-8-15-5-1-2-9-18-15)14-4-3-11-20(12-14)17(22)13-6-7-13/h1-2,5,9,13-14H,3-4,6-8,10-12H2,(H,19,21)/t14-/m0/s1. The van der Waals surface area contributed by atoms with Crippen LogP contribution >= 0.6 is 0 Å². The zero-order valence-electron chi connectivity index (χ0n) is 12.8. The number of carbonyl (C=O) groups is 2. The molecule has 1 aliphatic carbocycles. The van der Waals surface area contributed by atoms with Gasteiger partial charge in [0, 0.05) is 43.9 Å². The van der Waals surface area contributed by atoms with Gasteiger partial charge in [-0.15, -0.1) is 0 Å². The van der Waals surface area contributed by atoms with E-state index in [1.807, 2.05) is 23.1 Å². The molecule has 118 valence electrons. The number of hydrogen-bond donors (Lipinski definition) is 1. The van der Waals surface area contributed by atoms with Gasteiger partial charge < -0.3 is 10.2 Å². The lowest BCUT2D eigenvalue weighted by Crippen LogP contribution is -2.46. The second kappa shape index (κ2) is 6.90. The monoisotopic (exact) mass is 301 g/mol. The number of pyridine rings is 1. The van der Waals surface area contributed by atoms with Crippen molar-refractivity contribution in [1.29, 1.82) is 0 Å². The summed E-state index contributed by atoms with van der Waals surface area (Å²) in [6.45, 7) is 2.00. The summed E-state index contributed by atoms with van der Waals surface area (Å²) < 4.78 is 0. The molecule has 2 aliphatic rings. The Bertz CT molecular complexity index is 528. The van der Waals surface area contributed by atoms with E-state index in [-0.39, 0.29) is 23.7 Å². The smallest absolute Gasteiger partial charge is 0.225 e. The molecule has 0 unspecified atom stereocenters. The summed E-state index contributed by atoms with van der Waals surface area (Å²) in [4.78, 5) is 30.5. The van der Waals surface area contributed by atoms with Crippen molar-refractivity contribution in [3.05, 3.63) is 30.1 Å². The van der Waals surface area contributed by atoms with Crippen LogP contribution in [0.2, 0.25) is 0 Å². The third-order valence-corrected chi connectivity index (χ3v) is 4.44. The Morgan fingerprint density at radius 1 is 1.23 bits per heavy atom. The Balaban J connectivity index is 1.44. The number of likely N-dealkylation sites (tertiary alicyclic amines) is 1. The SMILES string of the molecule is O=C(NCCc1ccccn1)[C@H]1CCCN(C(=O)C2CC2)C1. The molecule has 0 radical (unpaired) electrons. The van der Waals surface area contributed by atoms with Crippen LogP contribution in [0.5, 0.6) is 0 Å². The van der Waals surface area contributed by atoms with E-state index in [2.05, 4.69) is 10.3 Å². The number of amides is 2. The molecule has 1 atom stereocenters. The van der Waals surface area contributed by atoms with Crippen LogP contribution in [-0.2, 0) is 16.0 Å². The van der Waals surface area contributed by atoms with Gasteiger partial charge in [-0.2, -0.15) is 0 Å². The third-order valence-electron chi connectivity index (χ3n) is 4.44. The van der Waals surface area contributed by atoms with Gasteiger partial charge in [0.1, 0.15) is 0 Å². The molecule has 5 heteroatoms. The highest BCUT2D eigenvalue weighted by Crippen LogP contribution is 2.32. The fourth-order valence-electron chi connectivity index (χ4n) is 2.98. The fraction of sp³-hybridized carbons (Fsp3) is 0.588. The zero-order chi connectivity index (χ0) is 15.4. The first-order valence-electron chi connectivity index (χ1n) is 8.20. The van der Waals surface area contributed by atoms with Crippen LogP contribution in [0.1, 0.15) is 31.4 Å². The van der Waals surface area contributed by atoms with E-state index in [1.165, 1.54) is 0 Å². The maximum Gasteiger partial charge on any atom is 0.225 e. The molecule has 1 saturated carbocycles. The normalized spacial score (nSPS) is 21.5. The second-order valence-corrected chi connectivity index (χ2v) is 6.26. The Kier molecular flexibility index (Phi) is 4.71. The van der Waals surface area contributed by atoms with Crippen molar-refractivity contribution in [2.75, 3.05) is 19.6 Å². The predicted octanol–water partition coefficient (Wildman–Crippen LogP) is 1.39. The third kappa shape index (κ3) is 3.84. The first-order valence-corrected chi connectivity index (χ1v) is 8.20. The van der Waals surface area contributed by atoms with E-state index < -0.39 is 0 Å². The minimum absolute atomic E-state index is 0.0554. The molecule has 1 aromatic rings. The summed E-state index contributed by atoms with van der Waals surface area (Å²) in [5.74, 6) is 0.515. The molecule has 2 fully saturated rings. The van der Waals surface area contributed by atoms with Crippen molar-refractivity contribution in [2.24, 2.45) is 11.8 Å². The molecule has 0 aromatic carbocycles. The molecule has 2 amide bonds. The largest absolute Gasteiger partial charge is 0.355 e. The number of nitrogens with one attached hydrogen (secondary N) is 1. The van der Waals surface area contributed by atoms with Crippen LogP contribution in [0, 0.1) is 11.8 Å². The lowest BCUT2D eigenvalue weighted by atomic mass is 9.96. The van der Waals surface area contributed by atoms with E-state index >= 15 is 0 Å². The van der Waals surface area contributed by atoms with Crippen molar-refractivity contribution >= 4 is 11.8 Å². The van der Waals surface area contributed by atoms with Crippen molar-refractivity contribution in [1.82, 2.24) is 15.2 Å². The maximum absolute atomic E-state index is 12.3. The Morgan fingerprint density at radius 2 is 2.09 bits per heavy atom. The molecular weight excluding hydrogens is 278 g/mol. The van der Waals surface area contributed by atoms with Crippen LogP contribution < -0.4 is 5.32 Å². The Morgan fingerprint density at radius 3 is 2.82 bits per heavy atom. The van der Waals surface area contributed by atoms with Crippen LogP contribution in [0.15, 0.2) is 24.4 Å². The molecule has 1 N–H and O–H groups in total. The van der Waals surface area contributed by atoms with E-state index in [9.17, 15) is 9.59 Å².